The first-order valence-corrected chi connectivity index (χ1v) is 11.1. The molecule has 154 valence electrons. The number of hydrogen-bond donors (Lipinski definition) is 2. The van der Waals surface area contributed by atoms with E-state index in [4.69, 9.17) is 0 Å². The Morgan fingerprint density at radius 2 is 1.55 bits per heavy atom. The summed E-state index contributed by atoms with van der Waals surface area (Å²) >= 11 is 0. The molecule has 8 heteroatoms. The molecule has 0 aliphatic carbocycles. The number of hydrogen-bond acceptors (Lipinski definition) is 4. The quantitative estimate of drug-likeness (QED) is 0.636. The van der Waals surface area contributed by atoms with Crippen LogP contribution < -0.4 is 10.6 Å². The average Bonchev–Trinajstić information content (AvgIpc) is 3.23. The Hall–Kier alpha value is -2.71. The molecule has 1 aliphatic heterocycles. The Morgan fingerprint density at radius 3 is 2.24 bits per heavy atom. The topological polar surface area (TPSA) is 95.6 Å². The van der Waals surface area contributed by atoms with E-state index in [-0.39, 0.29) is 36.2 Å². The molecule has 1 heterocycles. The Kier molecular flexibility index (Phi) is 7.00. The molecule has 0 spiro atoms. The number of carbonyl (C=O) groups is 2. The van der Waals surface area contributed by atoms with E-state index in [1.165, 1.54) is 16.4 Å². The molecule has 29 heavy (non-hydrogen) atoms. The van der Waals surface area contributed by atoms with Gasteiger partial charge in [0.25, 0.3) is 0 Å². The largest absolute Gasteiger partial charge is 0.354 e. The number of amides is 2. The lowest BCUT2D eigenvalue weighted by atomic mass is 10.1. The van der Waals surface area contributed by atoms with Crippen molar-refractivity contribution >= 4 is 21.8 Å². The van der Waals surface area contributed by atoms with Crippen molar-refractivity contribution < 1.29 is 18.0 Å². The normalized spacial score (nSPS) is 17.0. The number of nitrogens with one attached hydrogen (secondary N) is 2. The van der Waals surface area contributed by atoms with Crippen LogP contribution in [-0.4, -0.2) is 50.2 Å². The van der Waals surface area contributed by atoms with Crippen LogP contribution in [0.15, 0.2) is 65.6 Å². The van der Waals surface area contributed by atoms with Crippen LogP contribution in [-0.2, 0) is 26.0 Å². The van der Waals surface area contributed by atoms with Gasteiger partial charge in [-0.25, -0.2) is 8.42 Å². The number of sulfonamides is 1. The zero-order valence-corrected chi connectivity index (χ0v) is 16.9. The van der Waals surface area contributed by atoms with E-state index in [1.807, 2.05) is 30.3 Å². The van der Waals surface area contributed by atoms with Gasteiger partial charge in [0.05, 0.1) is 11.3 Å². The van der Waals surface area contributed by atoms with E-state index >= 15 is 0 Å². The highest BCUT2D eigenvalue weighted by molar-refractivity contribution is 7.89. The monoisotopic (exact) mass is 415 g/mol. The summed E-state index contributed by atoms with van der Waals surface area (Å²) in [6, 6.07) is 16.8. The summed E-state index contributed by atoms with van der Waals surface area (Å²) in [5.74, 6) is -0.459. The molecule has 0 bridgehead atoms. The fraction of sp³-hybridized carbons (Fsp3) is 0.333. The fourth-order valence-electron chi connectivity index (χ4n) is 3.37. The fourth-order valence-corrected chi connectivity index (χ4v) is 5.04. The number of nitrogens with zero attached hydrogens (tertiary/aromatic N) is 1. The molecule has 2 aromatic carbocycles. The van der Waals surface area contributed by atoms with Crippen molar-refractivity contribution in [2.75, 3.05) is 19.6 Å². The van der Waals surface area contributed by atoms with Crippen LogP contribution in [0.5, 0.6) is 0 Å². The molecule has 3 rings (SSSR count). The number of benzene rings is 2. The average molecular weight is 416 g/mol. The third-order valence-corrected chi connectivity index (χ3v) is 6.73. The van der Waals surface area contributed by atoms with Gasteiger partial charge in [0.15, 0.2) is 0 Å². The smallest absolute Gasteiger partial charge is 0.243 e. The molecule has 1 unspecified atom stereocenters. The van der Waals surface area contributed by atoms with Crippen molar-refractivity contribution in [1.29, 1.82) is 0 Å². The van der Waals surface area contributed by atoms with Gasteiger partial charge in [0.2, 0.25) is 21.8 Å². The van der Waals surface area contributed by atoms with Crippen LogP contribution in [0.25, 0.3) is 0 Å². The van der Waals surface area contributed by atoms with Gasteiger partial charge in [-0.1, -0.05) is 48.5 Å². The Bertz CT molecular complexity index is 933. The molecule has 0 radical (unpaired) electrons. The molecule has 1 aliphatic rings. The highest BCUT2D eigenvalue weighted by Gasteiger charge is 2.39. The van der Waals surface area contributed by atoms with Gasteiger partial charge in [-0.15, -0.1) is 0 Å². The Labute approximate surface area is 171 Å². The summed E-state index contributed by atoms with van der Waals surface area (Å²) in [6.07, 6.45) is 1.40. The van der Waals surface area contributed by atoms with Crippen molar-refractivity contribution in [3.05, 3.63) is 66.2 Å². The first kappa shape index (κ1) is 21.0. The zero-order valence-electron chi connectivity index (χ0n) is 16.1. The minimum atomic E-state index is -3.71. The molecule has 2 amide bonds. The van der Waals surface area contributed by atoms with Crippen LogP contribution in [0, 0.1) is 0 Å². The van der Waals surface area contributed by atoms with E-state index in [0.717, 1.165) is 5.56 Å². The second-order valence-corrected chi connectivity index (χ2v) is 8.78. The highest BCUT2D eigenvalue weighted by atomic mass is 32.2. The minimum absolute atomic E-state index is 0.125. The second kappa shape index (κ2) is 9.67. The van der Waals surface area contributed by atoms with Crippen LogP contribution in [0.3, 0.4) is 0 Å². The van der Waals surface area contributed by atoms with Gasteiger partial charge in [0.1, 0.15) is 6.04 Å². The van der Waals surface area contributed by atoms with Crippen LogP contribution >= 0.6 is 0 Å². The lowest BCUT2D eigenvalue weighted by molar-refractivity contribution is -0.124. The molecule has 0 aromatic heterocycles. The van der Waals surface area contributed by atoms with Crippen molar-refractivity contribution in [2.24, 2.45) is 0 Å². The summed E-state index contributed by atoms with van der Waals surface area (Å²) in [7, 11) is -3.71. The van der Waals surface area contributed by atoms with E-state index in [0.29, 0.717) is 19.4 Å². The van der Waals surface area contributed by atoms with E-state index in [2.05, 4.69) is 10.6 Å². The van der Waals surface area contributed by atoms with Gasteiger partial charge in [-0.05, 0) is 30.5 Å². The molecular weight excluding hydrogens is 390 g/mol. The van der Waals surface area contributed by atoms with Crippen LogP contribution in [0.2, 0.25) is 0 Å². The van der Waals surface area contributed by atoms with Gasteiger partial charge >= 0.3 is 0 Å². The summed E-state index contributed by atoms with van der Waals surface area (Å²) in [5.41, 5.74) is 0.918. The van der Waals surface area contributed by atoms with Gasteiger partial charge < -0.3 is 10.6 Å². The van der Waals surface area contributed by atoms with Crippen molar-refractivity contribution in [2.45, 2.75) is 30.2 Å². The maximum absolute atomic E-state index is 12.8. The van der Waals surface area contributed by atoms with E-state index in [9.17, 15) is 18.0 Å². The predicted octanol–water partition coefficient (Wildman–Crippen LogP) is 1.31. The van der Waals surface area contributed by atoms with Crippen molar-refractivity contribution in [1.82, 2.24) is 14.9 Å². The number of carbonyl (C=O) groups excluding carboxylic acids is 2. The zero-order chi connectivity index (χ0) is 20.7. The van der Waals surface area contributed by atoms with E-state index in [1.54, 1.807) is 18.2 Å². The van der Waals surface area contributed by atoms with Crippen molar-refractivity contribution in [3.8, 4) is 0 Å². The lowest BCUT2D eigenvalue weighted by Gasteiger charge is -2.23. The molecule has 7 nitrogen and oxygen atoms in total. The molecule has 2 aromatic rings. The van der Waals surface area contributed by atoms with Crippen molar-refractivity contribution in [3.63, 3.8) is 0 Å². The molecule has 2 N–H and O–H groups in total. The van der Waals surface area contributed by atoms with Crippen LogP contribution in [0.4, 0.5) is 0 Å². The maximum Gasteiger partial charge on any atom is 0.243 e. The molecule has 1 saturated heterocycles. The third-order valence-electron chi connectivity index (χ3n) is 4.81. The standard InChI is InChI=1S/C21H25N3O4S/c25-20(16-17-8-3-1-4-9-17)22-13-14-23-21(26)19-12-7-15-24(19)29(27,28)18-10-5-2-6-11-18/h1-6,8-11,19H,7,12-16H2,(H,22,25)(H,23,26). The first-order valence-electron chi connectivity index (χ1n) is 9.64. The van der Waals surface area contributed by atoms with Crippen LogP contribution in [0.1, 0.15) is 18.4 Å². The SMILES string of the molecule is O=C(Cc1ccccc1)NCCNC(=O)C1CCCN1S(=O)(=O)c1ccccc1. The summed E-state index contributed by atoms with van der Waals surface area (Å²) in [5, 5.41) is 5.50. The predicted molar refractivity (Wildman–Crippen MR) is 110 cm³/mol. The summed E-state index contributed by atoms with van der Waals surface area (Å²) < 4.78 is 26.9. The molecule has 1 fully saturated rings. The second-order valence-electron chi connectivity index (χ2n) is 6.89. The lowest BCUT2D eigenvalue weighted by Crippen LogP contribution is -2.47. The van der Waals surface area contributed by atoms with Gasteiger partial charge in [-0.3, -0.25) is 9.59 Å². The van der Waals surface area contributed by atoms with Gasteiger partial charge in [-0.2, -0.15) is 4.31 Å². The maximum atomic E-state index is 12.8. The van der Waals surface area contributed by atoms with Gasteiger partial charge in [0, 0.05) is 19.6 Å². The summed E-state index contributed by atoms with van der Waals surface area (Å²) in [6.45, 7) is 0.855. The minimum Gasteiger partial charge on any atom is -0.354 e. The van der Waals surface area contributed by atoms with E-state index < -0.39 is 16.1 Å². The number of rotatable bonds is 8. The highest BCUT2D eigenvalue weighted by Crippen LogP contribution is 2.26. The third kappa shape index (κ3) is 5.42. The molecular formula is C21H25N3O4S. The Balaban J connectivity index is 1.48. The summed E-state index contributed by atoms with van der Waals surface area (Å²) in [4.78, 5) is 24.7. The molecule has 0 saturated carbocycles. The first-order chi connectivity index (χ1) is 14.0. The Morgan fingerprint density at radius 1 is 0.931 bits per heavy atom. The molecule has 1 atom stereocenters.